The van der Waals surface area contributed by atoms with E-state index in [0.29, 0.717) is 12.5 Å². The first-order chi connectivity index (χ1) is 21.8. The molecule has 1 aromatic heterocycles. The number of aliphatic carboxylic acids is 3. The zero-order chi connectivity index (χ0) is 37.7. The maximum atomic E-state index is 13.0. The summed E-state index contributed by atoms with van der Waals surface area (Å²) in [6, 6.07) is 4.09. The van der Waals surface area contributed by atoms with Crippen molar-refractivity contribution in [2.45, 2.75) is 51.8 Å². The Labute approximate surface area is 269 Å². The van der Waals surface area contributed by atoms with Gasteiger partial charge < -0.3 is 34.3 Å². The van der Waals surface area contributed by atoms with Gasteiger partial charge in [0.05, 0.1) is 18.6 Å². The highest BCUT2D eigenvalue weighted by Crippen LogP contribution is 2.44. The summed E-state index contributed by atoms with van der Waals surface area (Å²) in [5, 5.41) is 21.4. The van der Waals surface area contributed by atoms with Gasteiger partial charge in [-0.15, -0.1) is 0 Å². The lowest BCUT2D eigenvalue weighted by Gasteiger charge is -2.31. The smallest absolute Gasteiger partial charge is 0.475 e. The van der Waals surface area contributed by atoms with Crippen LogP contribution < -0.4 is 0 Å². The minimum Gasteiger partial charge on any atom is -0.475 e. The summed E-state index contributed by atoms with van der Waals surface area (Å²) < 4.78 is 107. The van der Waals surface area contributed by atoms with Crippen molar-refractivity contribution in [1.29, 1.82) is 0 Å². The van der Waals surface area contributed by atoms with Crippen LogP contribution in [0.15, 0.2) is 16.5 Å². The molecule has 48 heavy (non-hydrogen) atoms. The number of likely N-dealkylation sites (tertiary alicyclic amines) is 2. The number of likely N-dealkylation sites (N-methyl/N-ethyl adjacent to an activating group) is 1. The molecule has 1 aromatic rings. The molecule has 2 atom stereocenters. The molecule has 0 aliphatic carbocycles. The molecular formula is C27H38F9N3O9. The van der Waals surface area contributed by atoms with Crippen molar-refractivity contribution in [3.05, 3.63) is 23.7 Å². The summed E-state index contributed by atoms with van der Waals surface area (Å²) in [7, 11) is 4.20. The third-order valence-electron chi connectivity index (χ3n) is 6.79. The van der Waals surface area contributed by atoms with Crippen LogP contribution in [0.3, 0.4) is 0 Å². The Morgan fingerprint density at radius 3 is 1.73 bits per heavy atom. The minimum atomic E-state index is -5.08. The molecule has 2 aliphatic heterocycles. The molecule has 0 aromatic carbocycles. The summed E-state index contributed by atoms with van der Waals surface area (Å²) >= 11 is 0. The van der Waals surface area contributed by atoms with E-state index in [1.165, 1.54) is 0 Å². The number of aryl methyl sites for hydroxylation is 1. The van der Waals surface area contributed by atoms with Crippen LogP contribution in [0.2, 0.25) is 0 Å². The zero-order valence-corrected chi connectivity index (χ0v) is 26.3. The summed E-state index contributed by atoms with van der Waals surface area (Å²) in [5.74, 6) is -5.97. The molecular weight excluding hydrogens is 681 g/mol. The third-order valence-corrected chi connectivity index (χ3v) is 6.79. The van der Waals surface area contributed by atoms with Crippen molar-refractivity contribution < 1.29 is 83.2 Å². The van der Waals surface area contributed by atoms with Gasteiger partial charge in [-0.1, -0.05) is 0 Å². The van der Waals surface area contributed by atoms with Crippen LogP contribution in [0.4, 0.5) is 39.5 Å². The third kappa shape index (κ3) is 16.0. The van der Waals surface area contributed by atoms with Crippen LogP contribution in [0.5, 0.6) is 0 Å². The van der Waals surface area contributed by atoms with E-state index in [1.807, 2.05) is 19.9 Å². The van der Waals surface area contributed by atoms with Crippen LogP contribution in [-0.4, -0.2) is 132 Å². The number of hydrogen-bond donors (Lipinski definition) is 3. The molecule has 0 amide bonds. The van der Waals surface area contributed by atoms with E-state index in [0.717, 1.165) is 70.2 Å². The predicted molar refractivity (Wildman–Crippen MR) is 147 cm³/mol. The van der Waals surface area contributed by atoms with Crippen molar-refractivity contribution in [2.24, 2.45) is 11.3 Å². The molecule has 3 N–H and O–H groups in total. The van der Waals surface area contributed by atoms with E-state index in [2.05, 4.69) is 34.9 Å². The predicted octanol–water partition coefficient (Wildman–Crippen LogP) is 4.13. The Hall–Kier alpha value is -3.59. The summed E-state index contributed by atoms with van der Waals surface area (Å²) in [6.45, 7) is 10.9. The molecule has 0 spiro atoms. The van der Waals surface area contributed by atoms with Crippen LogP contribution in [0.1, 0.15) is 31.3 Å². The SMILES string of the molecule is CCOC(=O)[C@]12CCCN(Cc3ccc(C)o3)C[C@H]1CN(CCN(C)C)C2.O=C(O)C(F)(F)F.O=C(O)C(F)(F)F.O=C(O)C(F)(F)F. The van der Waals surface area contributed by atoms with Crippen LogP contribution in [-0.2, 0) is 30.5 Å². The summed E-state index contributed by atoms with van der Waals surface area (Å²) in [5.41, 5.74) is -0.351. The van der Waals surface area contributed by atoms with Gasteiger partial charge in [-0.2, -0.15) is 39.5 Å². The summed E-state index contributed by atoms with van der Waals surface area (Å²) in [6.07, 6.45) is -13.3. The van der Waals surface area contributed by atoms with Gasteiger partial charge in [0, 0.05) is 38.6 Å². The Morgan fingerprint density at radius 1 is 0.896 bits per heavy atom. The van der Waals surface area contributed by atoms with Gasteiger partial charge in [0.1, 0.15) is 11.5 Å². The molecule has 278 valence electrons. The maximum Gasteiger partial charge on any atom is 0.490 e. The normalized spacial score (nSPS) is 20.1. The lowest BCUT2D eigenvalue weighted by atomic mass is 9.75. The highest BCUT2D eigenvalue weighted by Gasteiger charge is 2.54. The highest BCUT2D eigenvalue weighted by atomic mass is 19.4. The van der Waals surface area contributed by atoms with E-state index in [-0.39, 0.29) is 11.4 Å². The lowest BCUT2D eigenvalue weighted by Crippen LogP contribution is -2.42. The number of esters is 1. The van der Waals surface area contributed by atoms with Gasteiger partial charge in [0.2, 0.25) is 0 Å². The Balaban J connectivity index is 0.000000855. The second-order valence-electron chi connectivity index (χ2n) is 10.9. The Kier molecular flexibility index (Phi) is 17.4. The number of hydrogen-bond acceptors (Lipinski definition) is 9. The summed E-state index contributed by atoms with van der Waals surface area (Å²) in [4.78, 5) is 46.8. The zero-order valence-electron chi connectivity index (χ0n) is 26.3. The number of carboxylic acid groups (broad SMARTS) is 3. The number of carbonyl (C=O) groups excluding carboxylic acids is 1. The van der Waals surface area contributed by atoms with Crippen molar-refractivity contribution >= 4 is 23.9 Å². The van der Waals surface area contributed by atoms with E-state index in [4.69, 9.17) is 38.9 Å². The molecule has 2 aliphatic rings. The topological polar surface area (TPSA) is 161 Å². The van der Waals surface area contributed by atoms with Crippen molar-refractivity contribution in [3.8, 4) is 0 Å². The number of carbonyl (C=O) groups is 4. The van der Waals surface area contributed by atoms with E-state index in [1.54, 1.807) is 0 Å². The van der Waals surface area contributed by atoms with Gasteiger partial charge in [0.15, 0.2) is 0 Å². The number of carboxylic acids is 3. The first-order valence-corrected chi connectivity index (χ1v) is 14.0. The number of fused-ring (bicyclic) bond motifs is 1. The van der Waals surface area contributed by atoms with Crippen LogP contribution >= 0.6 is 0 Å². The first-order valence-electron chi connectivity index (χ1n) is 14.0. The van der Waals surface area contributed by atoms with E-state index in [9.17, 15) is 44.3 Å². The number of furan rings is 1. The fraction of sp³-hybridized carbons (Fsp3) is 0.704. The largest absolute Gasteiger partial charge is 0.490 e. The molecule has 0 bridgehead atoms. The number of halogens is 9. The number of nitrogens with zero attached hydrogens (tertiary/aromatic N) is 3. The molecule has 21 heteroatoms. The van der Waals surface area contributed by atoms with Gasteiger partial charge in [-0.3, -0.25) is 9.69 Å². The molecule has 12 nitrogen and oxygen atoms in total. The monoisotopic (exact) mass is 719 g/mol. The maximum absolute atomic E-state index is 13.0. The molecule has 3 rings (SSSR count). The molecule has 2 saturated heterocycles. The van der Waals surface area contributed by atoms with Crippen molar-refractivity contribution in [2.75, 3.05) is 60.0 Å². The fourth-order valence-electron chi connectivity index (χ4n) is 4.67. The molecule has 0 saturated carbocycles. The van der Waals surface area contributed by atoms with E-state index < -0.39 is 36.4 Å². The molecule has 2 fully saturated rings. The van der Waals surface area contributed by atoms with Crippen LogP contribution in [0.25, 0.3) is 0 Å². The van der Waals surface area contributed by atoms with Gasteiger partial charge in [-0.25, -0.2) is 14.4 Å². The van der Waals surface area contributed by atoms with Gasteiger partial charge in [0.25, 0.3) is 0 Å². The number of ether oxygens (including phenoxy) is 1. The van der Waals surface area contributed by atoms with Crippen molar-refractivity contribution in [1.82, 2.24) is 14.7 Å². The van der Waals surface area contributed by atoms with Crippen LogP contribution in [0, 0.1) is 18.3 Å². The average Bonchev–Trinajstić information content (AvgIpc) is 3.45. The Bertz CT molecular complexity index is 1130. The van der Waals surface area contributed by atoms with Gasteiger partial charge >= 0.3 is 42.4 Å². The average molecular weight is 720 g/mol. The van der Waals surface area contributed by atoms with Gasteiger partial charge in [-0.05, 0) is 59.5 Å². The number of rotatable bonds is 7. The minimum absolute atomic E-state index is 0.0121. The Morgan fingerprint density at radius 2 is 1.35 bits per heavy atom. The molecule has 3 heterocycles. The number of alkyl halides is 9. The standard InChI is InChI=1S/C21H35N3O3.3C2HF3O2/c1-5-26-20(25)21-9-6-10-23(15-19-8-7-17(2)27-19)13-18(21)14-24(16-21)12-11-22(3)4;3*3-2(4,5)1(6)7/h7-8,18H,5-6,9-16H2,1-4H3;3*(H,6,7)/t18-,21-;;;/m0.../s1. The molecule has 0 unspecified atom stereocenters. The second kappa shape index (κ2) is 18.8. The quantitative estimate of drug-likeness (QED) is 0.274. The lowest BCUT2D eigenvalue weighted by molar-refractivity contribution is -0.193. The fourth-order valence-corrected chi connectivity index (χ4v) is 4.67. The highest BCUT2D eigenvalue weighted by molar-refractivity contribution is 5.78. The first kappa shape index (κ1) is 44.4. The van der Waals surface area contributed by atoms with Crippen molar-refractivity contribution in [3.63, 3.8) is 0 Å². The molecule has 0 radical (unpaired) electrons. The van der Waals surface area contributed by atoms with E-state index >= 15 is 0 Å². The second-order valence-corrected chi connectivity index (χ2v) is 10.9.